The summed E-state index contributed by atoms with van der Waals surface area (Å²) in [6, 6.07) is 0. The van der Waals surface area contributed by atoms with Gasteiger partial charge in [-0.3, -0.25) is 8.98 Å². The van der Waals surface area contributed by atoms with Gasteiger partial charge in [-0.05, 0) is 13.3 Å². The van der Waals surface area contributed by atoms with Crippen LogP contribution in [0.1, 0.15) is 27.2 Å². The maximum absolute atomic E-state index is 10.9. The van der Waals surface area contributed by atoms with E-state index < -0.39 is 22.2 Å². The molecule has 0 saturated heterocycles. The molecule has 1 atom stereocenters. The highest BCUT2D eigenvalue weighted by Crippen LogP contribution is 2.02. The van der Waals surface area contributed by atoms with Gasteiger partial charge in [-0.25, -0.2) is 0 Å². The summed E-state index contributed by atoms with van der Waals surface area (Å²) in [4.78, 5) is 10.6. The van der Waals surface area contributed by atoms with Gasteiger partial charge in [-0.2, -0.15) is 8.42 Å². The Bertz CT molecular complexity index is 269. The van der Waals surface area contributed by atoms with Crippen LogP contribution in [0.4, 0.5) is 0 Å². The van der Waals surface area contributed by atoms with E-state index in [0.29, 0.717) is 6.42 Å². The summed E-state index contributed by atoms with van der Waals surface area (Å²) >= 11 is 0. The van der Waals surface area contributed by atoms with Crippen LogP contribution in [0.25, 0.3) is 0 Å². The lowest BCUT2D eigenvalue weighted by atomic mass is 10.3. The van der Waals surface area contributed by atoms with Gasteiger partial charge in [0.1, 0.15) is 12.7 Å². The van der Waals surface area contributed by atoms with E-state index >= 15 is 0 Å². The number of rotatable bonds is 6. The first-order valence-electron chi connectivity index (χ1n) is 4.45. The van der Waals surface area contributed by atoms with Gasteiger partial charge in [0.15, 0.2) is 0 Å². The van der Waals surface area contributed by atoms with Crippen LogP contribution >= 0.6 is 0 Å². The highest BCUT2D eigenvalue weighted by atomic mass is 32.2. The fourth-order valence-corrected chi connectivity index (χ4v) is 1.26. The van der Waals surface area contributed by atoms with Crippen LogP contribution in [0.15, 0.2) is 0 Å². The quantitative estimate of drug-likeness (QED) is 0.490. The Hall–Kier alpha value is -0.620. The molecule has 0 heterocycles. The Kier molecular flexibility index (Phi) is 5.71. The minimum absolute atomic E-state index is 0.0799. The maximum atomic E-state index is 10.9. The predicted molar refractivity (Wildman–Crippen MR) is 51.3 cm³/mol. The Morgan fingerprint density at radius 1 is 1.36 bits per heavy atom. The molecule has 0 rings (SSSR count). The summed E-state index contributed by atoms with van der Waals surface area (Å²) in [5.74, 6) is -0.516. The topological polar surface area (TPSA) is 69.7 Å². The van der Waals surface area contributed by atoms with Crippen molar-refractivity contribution in [3.8, 4) is 0 Å². The lowest BCUT2D eigenvalue weighted by Gasteiger charge is -2.14. The zero-order chi connectivity index (χ0) is 11.2. The monoisotopic (exact) mass is 224 g/mol. The molecule has 84 valence electrons. The number of carbonyl (C=O) groups excluding carboxylic acids is 1. The van der Waals surface area contributed by atoms with Gasteiger partial charge in [-0.1, -0.05) is 6.92 Å². The van der Waals surface area contributed by atoms with E-state index in [1.165, 1.54) is 13.8 Å². The zero-order valence-corrected chi connectivity index (χ0v) is 9.46. The van der Waals surface area contributed by atoms with Gasteiger partial charge in [-0.15, -0.1) is 0 Å². The van der Waals surface area contributed by atoms with Crippen LogP contribution in [-0.4, -0.2) is 32.9 Å². The molecule has 0 N–H and O–H groups in total. The molecule has 0 radical (unpaired) electrons. The van der Waals surface area contributed by atoms with Crippen LogP contribution in [0.2, 0.25) is 0 Å². The number of esters is 1. The molecule has 0 aliphatic carbocycles. The second-order valence-electron chi connectivity index (χ2n) is 2.77. The molecular weight excluding hydrogens is 208 g/mol. The summed E-state index contributed by atoms with van der Waals surface area (Å²) in [6.45, 7) is 4.45. The summed E-state index contributed by atoms with van der Waals surface area (Å²) in [5.41, 5.74) is 0. The molecule has 0 saturated carbocycles. The van der Waals surface area contributed by atoms with Crippen LogP contribution in [0.5, 0.6) is 0 Å². The van der Waals surface area contributed by atoms with E-state index in [9.17, 15) is 13.2 Å². The fourth-order valence-electron chi connectivity index (χ4n) is 0.733. The molecule has 0 aromatic heterocycles. The van der Waals surface area contributed by atoms with E-state index in [-0.39, 0.29) is 12.4 Å². The van der Waals surface area contributed by atoms with E-state index in [2.05, 4.69) is 4.18 Å². The van der Waals surface area contributed by atoms with Crippen molar-refractivity contribution < 1.29 is 22.1 Å². The first-order chi connectivity index (χ1) is 6.41. The molecule has 0 bridgehead atoms. The molecule has 6 heteroatoms. The third kappa shape index (κ3) is 5.93. The summed E-state index contributed by atoms with van der Waals surface area (Å²) in [5, 5.41) is 0. The van der Waals surface area contributed by atoms with Crippen LogP contribution in [0.3, 0.4) is 0 Å². The van der Waals surface area contributed by atoms with Crippen molar-refractivity contribution in [3.63, 3.8) is 0 Å². The van der Waals surface area contributed by atoms with Crippen molar-refractivity contribution in [2.75, 3.05) is 12.4 Å². The zero-order valence-electron chi connectivity index (χ0n) is 8.65. The van der Waals surface area contributed by atoms with Crippen molar-refractivity contribution in [2.45, 2.75) is 33.3 Å². The molecule has 0 aliphatic heterocycles. The first kappa shape index (κ1) is 13.4. The summed E-state index contributed by atoms with van der Waals surface area (Å²) < 4.78 is 31.3. The Labute approximate surface area is 84.5 Å². The van der Waals surface area contributed by atoms with Crippen molar-refractivity contribution in [1.82, 2.24) is 0 Å². The Morgan fingerprint density at radius 3 is 2.29 bits per heavy atom. The van der Waals surface area contributed by atoms with Crippen molar-refractivity contribution in [2.24, 2.45) is 0 Å². The van der Waals surface area contributed by atoms with Gasteiger partial charge in [0.2, 0.25) is 0 Å². The molecule has 0 aromatic carbocycles. The number of ether oxygens (including phenoxy) is 1. The molecule has 14 heavy (non-hydrogen) atoms. The summed E-state index contributed by atoms with van der Waals surface area (Å²) in [7, 11) is -3.45. The molecule has 0 amide bonds. The predicted octanol–water partition coefficient (Wildman–Crippen LogP) is 0.694. The minimum atomic E-state index is -3.45. The van der Waals surface area contributed by atoms with Crippen LogP contribution in [0, 0.1) is 0 Å². The number of carbonyl (C=O) groups is 1. The lowest BCUT2D eigenvalue weighted by Crippen LogP contribution is -2.24. The third-order valence-electron chi connectivity index (χ3n) is 1.58. The highest BCUT2D eigenvalue weighted by Gasteiger charge is 2.14. The SMILES string of the molecule is CCC(COS(=O)(=O)CC)OC(C)=O. The number of hydrogen-bond donors (Lipinski definition) is 0. The maximum Gasteiger partial charge on any atom is 0.302 e. The van der Waals surface area contributed by atoms with Crippen LogP contribution in [-0.2, 0) is 23.8 Å². The smallest absolute Gasteiger partial charge is 0.302 e. The molecule has 0 aromatic rings. The number of hydrogen-bond acceptors (Lipinski definition) is 5. The van der Waals surface area contributed by atoms with E-state index in [1.54, 1.807) is 6.92 Å². The standard InChI is InChI=1S/C8H16O5S/c1-4-8(13-7(3)9)6-12-14(10,11)5-2/h8H,4-6H2,1-3H3. The first-order valence-corrected chi connectivity index (χ1v) is 6.03. The van der Waals surface area contributed by atoms with E-state index in [1.807, 2.05) is 0 Å². The summed E-state index contributed by atoms with van der Waals surface area (Å²) in [6.07, 6.45) is 0.0348. The average molecular weight is 224 g/mol. The molecule has 5 nitrogen and oxygen atoms in total. The minimum Gasteiger partial charge on any atom is -0.460 e. The van der Waals surface area contributed by atoms with Crippen LogP contribution < -0.4 is 0 Å². The molecular formula is C8H16O5S. The van der Waals surface area contributed by atoms with Gasteiger partial charge in [0.05, 0.1) is 5.75 Å². The Balaban J connectivity index is 4.02. The average Bonchev–Trinajstić information content (AvgIpc) is 2.12. The van der Waals surface area contributed by atoms with E-state index in [0.717, 1.165) is 0 Å². The second kappa shape index (κ2) is 5.98. The highest BCUT2D eigenvalue weighted by molar-refractivity contribution is 7.86. The van der Waals surface area contributed by atoms with Gasteiger partial charge in [0, 0.05) is 6.92 Å². The normalized spacial score (nSPS) is 13.6. The molecule has 0 fully saturated rings. The fraction of sp³-hybridized carbons (Fsp3) is 0.875. The van der Waals surface area contributed by atoms with Gasteiger partial charge >= 0.3 is 5.97 Å². The molecule has 1 unspecified atom stereocenters. The van der Waals surface area contributed by atoms with Gasteiger partial charge in [0.25, 0.3) is 10.1 Å². The largest absolute Gasteiger partial charge is 0.460 e. The van der Waals surface area contributed by atoms with Gasteiger partial charge < -0.3 is 4.74 Å². The van der Waals surface area contributed by atoms with E-state index in [4.69, 9.17) is 4.74 Å². The van der Waals surface area contributed by atoms with Crippen molar-refractivity contribution in [3.05, 3.63) is 0 Å². The lowest BCUT2D eigenvalue weighted by molar-refractivity contribution is -0.147. The third-order valence-corrected chi connectivity index (χ3v) is 2.78. The molecule has 0 spiro atoms. The second-order valence-corrected chi connectivity index (χ2v) is 4.70. The Morgan fingerprint density at radius 2 is 1.93 bits per heavy atom. The van der Waals surface area contributed by atoms with Crippen molar-refractivity contribution in [1.29, 1.82) is 0 Å². The van der Waals surface area contributed by atoms with Crippen molar-refractivity contribution >= 4 is 16.1 Å². The molecule has 0 aliphatic rings.